The molecular weight excluding hydrogens is 332 g/mol. The minimum absolute atomic E-state index is 0.0274. The Balaban J connectivity index is 1.75. The number of nitrogens with zero attached hydrogens (tertiary/aromatic N) is 2. The molecule has 6 nitrogen and oxygen atoms in total. The molecule has 1 aromatic heterocycles. The highest BCUT2D eigenvalue weighted by Gasteiger charge is 2.09. The first-order chi connectivity index (χ1) is 11.6. The van der Waals surface area contributed by atoms with Crippen molar-refractivity contribution >= 4 is 28.5 Å². The second-order valence-corrected chi connectivity index (χ2v) is 5.68. The average Bonchev–Trinajstić information content (AvgIpc) is 2.55. The smallest absolute Gasteiger partial charge is 0.305 e. The van der Waals surface area contributed by atoms with Crippen LogP contribution in [0.1, 0.15) is 39.0 Å². The van der Waals surface area contributed by atoms with E-state index in [1.807, 2.05) is 0 Å². The summed E-state index contributed by atoms with van der Waals surface area (Å²) in [5.74, 6) is 0.249. The van der Waals surface area contributed by atoms with E-state index in [0.29, 0.717) is 41.4 Å². The molecule has 0 aliphatic heterocycles. The van der Waals surface area contributed by atoms with Crippen LogP contribution in [0.4, 0.5) is 0 Å². The van der Waals surface area contributed by atoms with Crippen LogP contribution >= 0.6 is 11.6 Å². The van der Waals surface area contributed by atoms with Crippen molar-refractivity contribution in [3.63, 3.8) is 0 Å². The zero-order valence-corrected chi connectivity index (χ0v) is 14.4. The van der Waals surface area contributed by atoms with E-state index in [-0.39, 0.29) is 11.7 Å². The molecule has 0 unspecified atom stereocenters. The number of aromatic hydroxyl groups is 1. The van der Waals surface area contributed by atoms with E-state index in [1.54, 1.807) is 13.0 Å². The Morgan fingerprint density at radius 1 is 1.21 bits per heavy atom. The molecule has 0 spiro atoms. The number of carbonyl (C=O) groups is 1. The lowest BCUT2D eigenvalue weighted by atomic mass is 10.1. The number of carbonyl (C=O) groups excluding carboxylic acids is 1. The van der Waals surface area contributed by atoms with Crippen LogP contribution in [-0.4, -0.2) is 34.3 Å². The van der Waals surface area contributed by atoms with Crippen LogP contribution in [-0.2, 0) is 9.53 Å². The van der Waals surface area contributed by atoms with Crippen LogP contribution in [0.25, 0.3) is 10.9 Å². The van der Waals surface area contributed by atoms with Gasteiger partial charge in [-0.25, -0.2) is 9.97 Å². The highest BCUT2D eigenvalue weighted by Crippen LogP contribution is 2.32. The number of halogens is 1. The Morgan fingerprint density at radius 3 is 2.79 bits per heavy atom. The fourth-order valence-electron chi connectivity index (χ4n) is 2.30. The van der Waals surface area contributed by atoms with Crippen LogP contribution in [0.15, 0.2) is 18.5 Å². The third kappa shape index (κ3) is 5.23. The second-order valence-electron chi connectivity index (χ2n) is 5.32. The first-order valence-electron chi connectivity index (χ1n) is 8.03. The number of ether oxygens (including phenoxy) is 2. The van der Waals surface area contributed by atoms with Gasteiger partial charge in [0.05, 0.1) is 18.7 Å². The highest BCUT2D eigenvalue weighted by molar-refractivity contribution is 6.34. The van der Waals surface area contributed by atoms with Crippen molar-refractivity contribution in [2.24, 2.45) is 0 Å². The summed E-state index contributed by atoms with van der Waals surface area (Å²) in [6.07, 6.45) is 5.33. The normalized spacial score (nSPS) is 10.8. The lowest BCUT2D eigenvalue weighted by Crippen LogP contribution is -2.03. The second kappa shape index (κ2) is 9.27. The van der Waals surface area contributed by atoms with Gasteiger partial charge in [-0.3, -0.25) is 4.79 Å². The predicted octanol–water partition coefficient (Wildman–Crippen LogP) is 3.88. The van der Waals surface area contributed by atoms with Crippen LogP contribution in [0.2, 0.25) is 5.15 Å². The number of unbranched alkanes of at least 4 members (excludes halogenated alkanes) is 3. The van der Waals surface area contributed by atoms with Crippen molar-refractivity contribution in [3.05, 3.63) is 23.6 Å². The molecule has 24 heavy (non-hydrogen) atoms. The van der Waals surface area contributed by atoms with Crippen molar-refractivity contribution < 1.29 is 19.4 Å². The van der Waals surface area contributed by atoms with Gasteiger partial charge < -0.3 is 14.6 Å². The molecule has 7 heteroatoms. The standard InChI is InChI=1S/C17H21ClN2O4/c1-2-23-16(22)7-5-3-4-6-8-24-15-9-12-13(10-14(15)21)19-11-20-17(12)18/h9-11,21H,2-8H2,1H3. The number of benzene rings is 1. The van der Waals surface area contributed by atoms with Crippen LogP contribution in [0, 0.1) is 0 Å². The molecular formula is C17H21ClN2O4. The largest absolute Gasteiger partial charge is 0.504 e. The molecule has 2 aromatic rings. The molecule has 130 valence electrons. The molecule has 0 atom stereocenters. The van der Waals surface area contributed by atoms with Crippen LogP contribution < -0.4 is 4.74 Å². The summed E-state index contributed by atoms with van der Waals surface area (Å²) in [5, 5.41) is 10.9. The van der Waals surface area contributed by atoms with E-state index >= 15 is 0 Å². The summed E-state index contributed by atoms with van der Waals surface area (Å²) < 4.78 is 10.5. The molecule has 0 fully saturated rings. The van der Waals surface area contributed by atoms with Gasteiger partial charge in [0.25, 0.3) is 0 Å². The molecule has 0 saturated carbocycles. The fraction of sp³-hybridized carbons (Fsp3) is 0.471. The third-order valence-corrected chi connectivity index (χ3v) is 3.81. The van der Waals surface area contributed by atoms with E-state index in [4.69, 9.17) is 21.1 Å². The van der Waals surface area contributed by atoms with Crippen molar-refractivity contribution in [1.82, 2.24) is 9.97 Å². The molecule has 1 N–H and O–H groups in total. The number of hydrogen-bond acceptors (Lipinski definition) is 6. The van der Waals surface area contributed by atoms with Gasteiger partial charge in [0.1, 0.15) is 11.5 Å². The Morgan fingerprint density at radius 2 is 2.00 bits per heavy atom. The van der Waals surface area contributed by atoms with Gasteiger partial charge in [-0.15, -0.1) is 0 Å². The molecule has 1 heterocycles. The molecule has 0 radical (unpaired) electrons. The Labute approximate surface area is 145 Å². The van der Waals surface area contributed by atoms with E-state index in [9.17, 15) is 9.90 Å². The Kier molecular flexibility index (Phi) is 7.06. The lowest BCUT2D eigenvalue weighted by Gasteiger charge is -2.09. The fourth-order valence-corrected chi connectivity index (χ4v) is 2.49. The summed E-state index contributed by atoms with van der Waals surface area (Å²) in [6.45, 7) is 2.71. The van der Waals surface area contributed by atoms with Crippen molar-refractivity contribution in [2.75, 3.05) is 13.2 Å². The number of rotatable bonds is 9. The van der Waals surface area contributed by atoms with Crippen LogP contribution in [0.3, 0.4) is 0 Å². The monoisotopic (exact) mass is 352 g/mol. The van der Waals surface area contributed by atoms with Gasteiger partial charge in [-0.05, 0) is 25.8 Å². The molecule has 0 aliphatic rings. The maximum absolute atomic E-state index is 11.2. The first-order valence-corrected chi connectivity index (χ1v) is 8.41. The summed E-state index contributed by atoms with van der Waals surface area (Å²) in [5.41, 5.74) is 0.568. The van der Waals surface area contributed by atoms with Crippen molar-refractivity contribution in [1.29, 1.82) is 0 Å². The molecule has 0 bridgehead atoms. The van der Waals surface area contributed by atoms with Crippen molar-refractivity contribution in [2.45, 2.75) is 39.0 Å². The summed E-state index contributed by atoms with van der Waals surface area (Å²) in [4.78, 5) is 19.2. The Hall–Kier alpha value is -2.08. The molecule has 0 saturated heterocycles. The summed E-state index contributed by atoms with van der Waals surface area (Å²) in [6, 6.07) is 3.16. The third-order valence-electron chi connectivity index (χ3n) is 3.51. The number of esters is 1. The maximum Gasteiger partial charge on any atom is 0.305 e. The minimum atomic E-state index is -0.145. The highest BCUT2D eigenvalue weighted by atomic mass is 35.5. The number of hydrogen-bond donors (Lipinski definition) is 1. The van der Waals surface area contributed by atoms with Crippen molar-refractivity contribution in [3.8, 4) is 11.5 Å². The SMILES string of the molecule is CCOC(=O)CCCCCCOc1cc2c(Cl)ncnc2cc1O. The molecule has 1 aromatic carbocycles. The average molecular weight is 353 g/mol. The zero-order valence-electron chi connectivity index (χ0n) is 13.6. The van der Waals surface area contributed by atoms with Gasteiger partial charge in [-0.2, -0.15) is 0 Å². The Bertz CT molecular complexity index is 694. The zero-order chi connectivity index (χ0) is 17.4. The minimum Gasteiger partial charge on any atom is -0.504 e. The topological polar surface area (TPSA) is 81.5 Å². The van der Waals surface area contributed by atoms with Crippen LogP contribution in [0.5, 0.6) is 11.5 Å². The summed E-state index contributed by atoms with van der Waals surface area (Å²) >= 11 is 6.02. The lowest BCUT2D eigenvalue weighted by molar-refractivity contribution is -0.143. The number of phenols is 1. The van der Waals surface area contributed by atoms with Gasteiger partial charge >= 0.3 is 5.97 Å². The number of aromatic nitrogens is 2. The van der Waals surface area contributed by atoms with E-state index in [0.717, 1.165) is 25.7 Å². The quantitative estimate of drug-likeness (QED) is 0.419. The van der Waals surface area contributed by atoms with Gasteiger partial charge in [0.15, 0.2) is 11.5 Å². The number of fused-ring (bicyclic) bond motifs is 1. The molecule has 0 aliphatic carbocycles. The van der Waals surface area contributed by atoms with E-state index in [1.165, 1.54) is 12.4 Å². The van der Waals surface area contributed by atoms with Gasteiger partial charge in [-0.1, -0.05) is 24.4 Å². The first kappa shape index (κ1) is 18.3. The van der Waals surface area contributed by atoms with E-state index in [2.05, 4.69) is 9.97 Å². The molecule has 2 rings (SSSR count). The van der Waals surface area contributed by atoms with Gasteiger partial charge in [0, 0.05) is 17.9 Å². The summed E-state index contributed by atoms with van der Waals surface area (Å²) in [7, 11) is 0. The molecule has 0 amide bonds. The number of phenolic OH excluding ortho intramolecular Hbond substituents is 1. The van der Waals surface area contributed by atoms with E-state index < -0.39 is 0 Å². The maximum atomic E-state index is 11.2. The predicted molar refractivity (Wildman–Crippen MR) is 91.4 cm³/mol. The van der Waals surface area contributed by atoms with Gasteiger partial charge in [0.2, 0.25) is 0 Å².